The lowest BCUT2D eigenvalue weighted by Crippen LogP contribution is -2.61. The van der Waals surface area contributed by atoms with Gasteiger partial charge in [0.25, 0.3) is 5.56 Å². The molecule has 1 aliphatic heterocycles. The van der Waals surface area contributed by atoms with Gasteiger partial charge in [0.05, 0.1) is 6.07 Å². The van der Waals surface area contributed by atoms with Crippen molar-refractivity contribution in [3.63, 3.8) is 0 Å². The van der Waals surface area contributed by atoms with Crippen LogP contribution in [0.1, 0.15) is 45.7 Å². The lowest BCUT2D eigenvalue weighted by molar-refractivity contribution is -0.176. The Morgan fingerprint density at radius 3 is 2.41 bits per heavy atom. The molecule has 1 aromatic heterocycles. The van der Waals surface area contributed by atoms with Crippen molar-refractivity contribution < 1.29 is 27.6 Å². The number of hydrogen-bond donors (Lipinski definition) is 3. The van der Waals surface area contributed by atoms with Crippen molar-refractivity contribution in [3.05, 3.63) is 45.7 Å². The molecule has 0 spiro atoms. The zero-order chi connectivity index (χ0) is 30.7. The lowest BCUT2D eigenvalue weighted by atomic mass is 9.85. The van der Waals surface area contributed by atoms with Gasteiger partial charge in [0.2, 0.25) is 11.8 Å². The number of aryl methyl sites for hydroxylation is 1. The molecule has 41 heavy (non-hydrogen) atoms. The SMILES string of the molecule is Cc1ccc2cc(CC(C#N)NC(=O)[C@@H]3[C@H]4[C@H](CN3C(=O)[C@@H](NC(=O)C(F)(F)F)C(C)(C)C)C4(C)C)c(=O)[nH]c2c1. The number of likely N-dealkylation sites (tertiary alicyclic amines) is 1. The maximum absolute atomic E-state index is 13.6. The summed E-state index contributed by atoms with van der Waals surface area (Å²) >= 11 is 0. The van der Waals surface area contributed by atoms with E-state index in [0.717, 1.165) is 10.9 Å². The number of alkyl halides is 3. The van der Waals surface area contributed by atoms with E-state index >= 15 is 0 Å². The van der Waals surface area contributed by atoms with Crippen molar-refractivity contribution in [3.8, 4) is 6.07 Å². The number of carbonyl (C=O) groups is 3. The van der Waals surface area contributed by atoms with E-state index in [1.165, 1.54) is 25.7 Å². The third-order valence-corrected chi connectivity index (χ3v) is 8.38. The predicted octanol–water partition coefficient (Wildman–Crippen LogP) is 2.96. The summed E-state index contributed by atoms with van der Waals surface area (Å²) in [5, 5.41) is 15.1. The molecule has 2 fully saturated rings. The van der Waals surface area contributed by atoms with Gasteiger partial charge in [-0.1, -0.05) is 46.8 Å². The fourth-order valence-corrected chi connectivity index (χ4v) is 5.96. The van der Waals surface area contributed by atoms with Gasteiger partial charge in [-0.3, -0.25) is 19.2 Å². The van der Waals surface area contributed by atoms with Crippen LogP contribution in [0.15, 0.2) is 29.1 Å². The molecule has 1 saturated carbocycles. The number of amides is 3. The molecule has 3 amide bonds. The minimum Gasteiger partial charge on any atom is -0.338 e. The maximum Gasteiger partial charge on any atom is 0.471 e. The number of nitrogens with one attached hydrogen (secondary N) is 3. The molecule has 1 aliphatic carbocycles. The summed E-state index contributed by atoms with van der Waals surface area (Å²) in [4.78, 5) is 55.8. The van der Waals surface area contributed by atoms with Gasteiger partial charge < -0.3 is 20.5 Å². The smallest absolute Gasteiger partial charge is 0.338 e. The minimum absolute atomic E-state index is 0.0755. The van der Waals surface area contributed by atoms with Gasteiger partial charge >= 0.3 is 12.1 Å². The molecule has 3 N–H and O–H groups in total. The van der Waals surface area contributed by atoms with Crippen LogP contribution >= 0.6 is 0 Å². The van der Waals surface area contributed by atoms with E-state index in [2.05, 4.69) is 10.3 Å². The van der Waals surface area contributed by atoms with Gasteiger partial charge in [-0.2, -0.15) is 18.4 Å². The summed E-state index contributed by atoms with van der Waals surface area (Å²) < 4.78 is 39.2. The number of aromatic amines is 1. The number of halogens is 3. The van der Waals surface area contributed by atoms with Crippen LogP contribution in [0.25, 0.3) is 10.9 Å². The van der Waals surface area contributed by atoms with Crippen molar-refractivity contribution >= 4 is 28.6 Å². The second-order valence-corrected chi connectivity index (χ2v) is 12.8. The van der Waals surface area contributed by atoms with Crippen LogP contribution in [-0.2, 0) is 20.8 Å². The van der Waals surface area contributed by atoms with Crippen molar-refractivity contribution in [1.82, 2.24) is 20.5 Å². The molecular weight excluding hydrogens is 539 g/mol. The molecule has 220 valence electrons. The number of nitrogens with zero attached hydrogens (tertiary/aromatic N) is 2. The van der Waals surface area contributed by atoms with Crippen LogP contribution in [0.5, 0.6) is 0 Å². The van der Waals surface area contributed by atoms with E-state index < -0.39 is 53.0 Å². The Labute approximate surface area is 235 Å². The molecule has 12 heteroatoms. The molecule has 5 atom stereocenters. The van der Waals surface area contributed by atoms with Crippen LogP contribution in [0.4, 0.5) is 13.2 Å². The second kappa shape index (κ2) is 10.2. The molecule has 1 aromatic carbocycles. The number of piperidine rings is 1. The van der Waals surface area contributed by atoms with E-state index in [4.69, 9.17) is 0 Å². The molecule has 2 aromatic rings. The van der Waals surface area contributed by atoms with Gasteiger partial charge in [0.1, 0.15) is 18.1 Å². The molecule has 2 aliphatic rings. The Bertz CT molecular complexity index is 1500. The number of rotatable bonds is 6. The van der Waals surface area contributed by atoms with Crippen LogP contribution in [0.3, 0.4) is 0 Å². The molecule has 9 nitrogen and oxygen atoms in total. The number of hydrogen-bond acceptors (Lipinski definition) is 5. The van der Waals surface area contributed by atoms with E-state index in [0.29, 0.717) is 11.1 Å². The first kappa shape index (κ1) is 30.1. The first-order chi connectivity index (χ1) is 18.9. The zero-order valence-corrected chi connectivity index (χ0v) is 23.8. The van der Waals surface area contributed by atoms with E-state index in [1.54, 1.807) is 6.07 Å². The Hall–Kier alpha value is -3.88. The zero-order valence-electron chi connectivity index (χ0n) is 23.8. The third-order valence-electron chi connectivity index (χ3n) is 8.38. The lowest BCUT2D eigenvalue weighted by Gasteiger charge is -2.37. The number of aromatic nitrogens is 1. The number of H-pyrrole nitrogens is 1. The van der Waals surface area contributed by atoms with Gasteiger partial charge in [0.15, 0.2) is 0 Å². The van der Waals surface area contributed by atoms with Gasteiger partial charge in [-0.05, 0) is 52.7 Å². The Balaban J connectivity index is 1.57. The summed E-state index contributed by atoms with van der Waals surface area (Å²) in [7, 11) is 0. The Morgan fingerprint density at radius 2 is 1.83 bits per heavy atom. The minimum atomic E-state index is -5.19. The van der Waals surface area contributed by atoms with Gasteiger partial charge in [0, 0.05) is 24.0 Å². The second-order valence-electron chi connectivity index (χ2n) is 12.8. The van der Waals surface area contributed by atoms with E-state index in [9.17, 15) is 37.6 Å². The number of pyridine rings is 1. The van der Waals surface area contributed by atoms with Gasteiger partial charge in [-0.25, -0.2) is 0 Å². The quantitative estimate of drug-likeness (QED) is 0.489. The molecule has 1 saturated heterocycles. The highest BCUT2D eigenvalue weighted by Crippen LogP contribution is 2.65. The highest BCUT2D eigenvalue weighted by Gasteiger charge is 2.70. The predicted molar refractivity (Wildman–Crippen MR) is 144 cm³/mol. The van der Waals surface area contributed by atoms with Gasteiger partial charge in [-0.15, -0.1) is 0 Å². The molecule has 4 rings (SSSR count). The van der Waals surface area contributed by atoms with Crippen molar-refractivity contribution in [2.45, 2.75) is 72.3 Å². The Kier molecular flexibility index (Phi) is 7.48. The number of carbonyl (C=O) groups excluding carboxylic acids is 3. The average Bonchev–Trinajstić information content (AvgIpc) is 3.18. The number of nitriles is 1. The summed E-state index contributed by atoms with van der Waals surface area (Å²) in [5.41, 5.74) is 0.107. The van der Waals surface area contributed by atoms with E-state index in [-0.39, 0.29) is 30.2 Å². The monoisotopic (exact) mass is 573 g/mol. The molecule has 0 bridgehead atoms. The summed E-state index contributed by atoms with van der Waals surface area (Å²) in [5.74, 6) is -4.03. The summed E-state index contributed by atoms with van der Waals surface area (Å²) in [6.07, 6.45) is -5.28. The van der Waals surface area contributed by atoms with Crippen LogP contribution in [-0.4, -0.2) is 58.5 Å². The van der Waals surface area contributed by atoms with Crippen LogP contribution in [0.2, 0.25) is 0 Å². The number of benzene rings is 1. The highest BCUT2D eigenvalue weighted by atomic mass is 19.4. The first-order valence-electron chi connectivity index (χ1n) is 13.4. The summed E-state index contributed by atoms with van der Waals surface area (Å²) in [6.45, 7) is 10.5. The number of fused-ring (bicyclic) bond motifs is 2. The van der Waals surface area contributed by atoms with Crippen molar-refractivity contribution in [1.29, 1.82) is 5.26 Å². The molecule has 1 unspecified atom stereocenters. The largest absolute Gasteiger partial charge is 0.471 e. The van der Waals surface area contributed by atoms with Crippen molar-refractivity contribution in [2.75, 3.05) is 6.54 Å². The summed E-state index contributed by atoms with van der Waals surface area (Å²) in [6, 6.07) is 5.51. The average molecular weight is 574 g/mol. The van der Waals surface area contributed by atoms with E-state index in [1.807, 2.05) is 50.4 Å². The standard InChI is InChI=1S/C29H34F3N5O4/c1-14-7-8-15-10-16(23(38)35-19(15)9-14)11-17(12-33)34-24(39)21-20-18(28(20,5)6)13-37(21)25(40)22(27(2,3)4)36-26(41)29(30,31)32/h7-10,17-18,20-22H,11,13H2,1-6H3,(H,34,39)(H,35,38)(H,36,41)/t17?,18-,20+,21-,22+/m0/s1. The van der Waals surface area contributed by atoms with Crippen LogP contribution in [0, 0.1) is 40.9 Å². The fourth-order valence-electron chi connectivity index (χ4n) is 5.96. The first-order valence-corrected chi connectivity index (χ1v) is 13.4. The topological polar surface area (TPSA) is 135 Å². The van der Waals surface area contributed by atoms with Crippen LogP contribution < -0.4 is 16.2 Å². The Morgan fingerprint density at radius 1 is 1.17 bits per heavy atom. The third kappa shape index (κ3) is 5.80. The highest BCUT2D eigenvalue weighted by molar-refractivity contribution is 5.95. The maximum atomic E-state index is 13.6. The molecule has 0 radical (unpaired) electrons. The molecular formula is C29H34F3N5O4. The van der Waals surface area contributed by atoms with Crippen molar-refractivity contribution in [2.24, 2.45) is 22.7 Å². The fraction of sp³-hybridized carbons (Fsp3) is 0.552. The molecule has 2 heterocycles. The normalized spacial score (nSPS) is 22.8.